The van der Waals surface area contributed by atoms with Crippen molar-refractivity contribution in [3.05, 3.63) is 59.8 Å². The standard InChI is InChI=1S/C14H15NO2/c16-11-13-7-4-9-15-14(13)17-10-8-12-5-2-1-3-6-12/h1-7,9,16H,8,10-11H2. The predicted molar refractivity (Wildman–Crippen MR) is 65.8 cm³/mol. The predicted octanol–water partition coefficient (Wildman–Crippen LogP) is 2.20. The fourth-order valence-electron chi connectivity index (χ4n) is 1.58. The SMILES string of the molecule is OCc1cccnc1OCCc1ccccc1. The topological polar surface area (TPSA) is 42.4 Å². The first-order valence-corrected chi connectivity index (χ1v) is 5.61. The lowest BCUT2D eigenvalue weighted by molar-refractivity contribution is 0.259. The number of hydrogen-bond donors (Lipinski definition) is 1. The molecule has 88 valence electrons. The molecule has 0 saturated carbocycles. The van der Waals surface area contributed by atoms with Crippen molar-refractivity contribution in [3.63, 3.8) is 0 Å². The Morgan fingerprint density at radius 2 is 1.88 bits per heavy atom. The number of rotatable bonds is 5. The van der Waals surface area contributed by atoms with Crippen molar-refractivity contribution in [3.8, 4) is 5.88 Å². The lowest BCUT2D eigenvalue weighted by atomic mass is 10.2. The number of aliphatic hydroxyl groups is 1. The first kappa shape index (κ1) is 11.6. The van der Waals surface area contributed by atoms with Crippen molar-refractivity contribution in [2.45, 2.75) is 13.0 Å². The molecule has 17 heavy (non-hydrogen) atoms. The van der Waals surface area contributed by atoms with Gasteiger partial charge >= 0.3 is 0 Å². The van der Waals surface area contributed by atoms with E-state index in [0.717, 1.165) is 12.0 Å². The summed E-state index contributed by atoms with van der Waals surface area (Å²) in [5.41, 5.74) is 1.95. The molecule has 0 radical (unpaired) electrons. The summed E-state index contributed by atoms with van der Waals surface area (Å²) in [5, 5.41) is 9.11. The minimum atomic E-state index is -0.0471. The maximum Gasteiger partial charge on any atom is 0.218 e. The van der Waals surface area contributed by atoms with Crippen LogP contribution in [0.3, 0.4) is 0 Å². The van der Waals surface area contributed by atoms with Crippen LogP contribution in [-0.2, 0) is 13.0 Å². The van der Waals surface area contributed by atoms with Crippen molar-refractivity contribution in [2.24, 2.45) is 0 Å². The van der Waals surface area contributed by atoms with E-state index >= 15 is 0 Å². The van der Waals surface area contributed by atoms with Gasteiger partial charge in [-0.25, -0.2) is 4.98 Å². The summed E-state index contributed by atoms with van der Waals surface area (Å²) in [5.74, 6) is 0.519. The highest BCUT2D eigenvalue weighted by Crippen LogP contribution is 2.14. The monoisotopic (exact) mass is 229 g/mol. The van der Waals surface area contributed by atoms with Gasteiger partial charge in [0.2, 0.25) is 5.88 Å². The largest absolute Gasteiger partial charge is 0.477 e. The summed E-state index contributed by atoms with van der Waals surface area (Å²) >= 11 is 0. The maximum absolute atomic E-state index is 9.11. The van der Waals surface area contributed by atoms with E-state index in [2.05, 4.69) is 17.1 Å². The molecule has 0 atom stereocenters. The second kappa shape index (κ2) is 6.01. The van der Waals surface area contributed by atoms with E-state index in [-0.39, 0.29) is 6.61 Å². The normalized spacial score (nSPS) is 10.2. The van der Waals surface area contributed by atoms with Crippen LogP contribution >= 0.6 is 0 Å². The van der Waals surface area contributed by atoms with Gasteiger partial charge in [-0.2, -0.15) is 0 Å². The molecule has 1 heterocycles. The van der Waals surface area contributed by atoms with Gasteiger partial charge in [0.15, 0.2) is 0 Å². The van der Waals surface area contributed by atoms with E-state index in [1.807, 2.05) is 24.3 Å². The maximum atomic E-state index is 9.11. The Morgan fingerprint density at radius 1 is 1.06 bits per heavy atom. The van der Waals surface area contributed by atoms with Gasteiger partial charge in [0, 0.05) is 18.2 Å². The third-order valence-corrected chi connectivity index (χ3v) is 2.49. The molecular formula is C14H15NO2. The molecule has 0 fully saturated rings. The molecule has 1 aromatic carbocycles. The first-order chi connectivity index (χ1) is 8.40. The average Bonchev–Trinajstić information content (AvgIpc) is 2.40. The van der Waals surface area contributed by atoms with Crippen LogP contribution in [0.15, 0.2) is 48.7 Å². The van der Waals surface area contributed by atoms with Crippen LogP contribution in [0.1, 0.15) is 11.1 Å². The van der Waals surface area contributed by atoms with Gasteiger partial charge in [0.05, 0.1) is 13.2 Å². The zero-order valence-corrected chi connectivity index (χ0v) is 9.54. The average molecular weight is 229 g/mol. The highest BCUT2D eigenvalue weighted by Gasteiger charge is 2.02. The number of aromatic nitrogens is 1. The van der Waals surface area contributed by atoms with Crippen LogP contribution in [-0.4, -0.2) is 16.7 Å². The molecular weight excluding hydrogens is 214 g/mol. The number of benzene rings is 1. The van der Waals surface area contributed by atoms with Gasteiger partial charge in [-0.15, -0.1) is 0 Å². The van der Waals surface area contributed by atoms with Gasteiger partial charge in [-0.3, -0.25) is 0 Å². The summed E-state index contributed by atoms with van der Waals surface area (Å²) in [6, 6.07) is 13.7. The first-order valence-electron chi connectivity index (χ1n) is 5.61. The molecule has 0 unspecified atom stereocenters. The van der Waals surface area contributed by atoms with E-state index in [0.29, 0.717) is 12.5 Å². The van der Waals surface area contributed by atoms with Crippen LogP contribution in [0, 0.1) is 0 Å². The number of hydrogen-bond acceptors (Lipinski definition) is 3. The second-order valence-corrected chi connectivity index (χ2v) is 3.71. The molecule has 3 heteroatoms. The molecule has 3 nitrogen and oxygen atoms in total. The van der Waals surface area contributed by atoms with E-state index in [1.165, 1.54) is 5.56 Å². The molecule has 0 aliphatic heterocycles. The Hall–Kier alpha value is -1.87. The summed E-state index contributed by atoms with van der Waals surface area (Å²) in [4.78, 5) is 4.10. The minimum Gasteiger partial charge on any atom is -0.477 e. The van der Waals surface area contributed by atoms with E-state index in [1.54, 1.807) is 12.3 Å². The Labute approximate surface area is 101 Å². The summed E-state index contributed by atoms with van der Waals surface area (Å²) in [6.07, 6.45) is 2.50. The van der Waals surface area contributed by atoms with Crippen molar-refractivity contribution in [1.29, 1.82) is 0 Å². The summed E-state index contributed by atoms with van der Waals surface area (Å²) < 4.78 is 5.56. The number of ether oxygens (including phenoxy) is 1. The van der Waals surface area contributed by atoms with Crippen LogP contribution in [0.2, 0.25) is 0 Å². The fraction of sp³-hybridized carbons (Fsp3) is 0.214. The van der Waals surface area contributed by atoms with Crippen LogP contribution in [0.4, 0.5) is 0 Å². The minimum absolute atomic E-state index is 0.0471. The van der Waals surface area contributed by atoms with Gasteiger partial charge < -0.3 is 9.84 Å². The number of aliphatic hydroxyl groups excluding tert-OH is 1. The van der Waals surface area contributed by atoms with Crippen molar-refractivity contribution in [2.75, 3.05) is 6.61 Å². The van der Waals surface area contributed by atoms with Crippen LogP contribution in [0.5, 0.6) is 5.88 Å². The van der Waals surface area contributed by atoms with Gasteiger partial charge in [-0.1, -0.05) is 30.3 Å². The zero-order chi connectivity index (χ0) is 11.9. The third-order valence-electron chi connectivity index (χ3n) is 2.49. The molecule has 0 amide bonds. The van der Waals surface area contributed by atoms with Crippen molar-refractivity contribution >= 4 is 0 Å². The molecule has 1 N–H and O–H groups in total. The van der Waals surface area contributed by atoms with E-state index < -0.39 is 0 Å². The van der Waals surface area contributed by atoms with Crippen molar-refractivity contribution < 1.29 is 9.84 Å². The smallest absolute Gasteiger partial charge is 0.218 e. The lowest BCUT2D eigenvalue weighted by Gasteiger charge is -2.08. The molecule has 2 aromatic rings. The lowest BCUT2D eigenvalue weighted by Crippen LogP contribution is -2.04. The quantitative estimate of drug-likeness (QED) is 0.854. The fourth-order valence-corrected chi connectivity index (χ4v) is 1.58. The van der Waals surface area contributed by atoms with Gasteiger partial charge in [0.25, 0.3) is 0 Å². The van der Waals surface area contributed by atoms with E-state index in [9.17, 15) is 0 Å². The molecule has 0 aliphatic rings. The summed E-state index contributed by atoms with van der Waals surface area (Å²) in [7, 11) is 0. The molecule has 0 saturated heterocycles. The second-order valence-electron chi connectivity index (χ2n) is 3.71. The Balaban J connectivity index is 1.90. The highest BCUT2D eigenvalue weighted by molar-refractivity contribution is 5.24. The van der Waals surface area contributed by atoms with Crippen molar-refractivity contribution in [1.82, 2.24) is 4.98 Å². The molecule has 0 spiro atoms. The molecule has 2 rings (SSSR count). The number of pyridine rings is 1. The summed E-state index contributed by atoms with van der Waals surface area (Å²) in [6.45, 7) is 0.516. The molecule has 0 aliphatic carbocycles. The number of nitrogens with zero attached hydrogens (tertiary/aromatic N) is 1. The Bertz CT molecular complexity index is 457. The Kier molecular flexibility index (Phi) is 4.11. The zero-order valence-electron chi connectivity index (χ0n) is 9.54. The Morgan fingerprint density at radius 3 is 2.65 bits per heavy atom. The molecule has 0 bridgehead atoms. The van der Waals surface area contributed by atoms with Crippen LogP contribution in [0.25, 0.3) is 0 Å². The molecule has 1 aromatic heterocycles. The van der Waals surface area contributed by atoms with Gasteiger partial charge in [0.1, 0.15) is 0 Å². The third kappa shape index (κ3) is 3.29. The highest BCUT2D eigenvalue weighted by atomic mass is 16.5. The van der Waals surface area contributed by atoms with Gasteiger partial charge in [-0.05, 0) is 17.7 Å². The van der Waals surface area contributed by atoms with E-state index in [4.69, 9.17) is 9.84 Å². The van der Waals surface area contributed by atoms with Crippen LogP contribution < -0.4 is 4.74 Å².